The van der Waals surface area contributed by atoms with E-state index in [9.17, 15) is 4.79 Å². The highest BCUT2D eigenvalue weighted by atomic mass is 32.2. The van der Waals surface area contributed by atoms with Crippen molar-refractivity contribution in [2.75, 3.05) is 7.11 Å². The van der Waals surface area contributed by atoms with Crippen LogP contribution in [-0.2, 0) is 22.7 Å². The molecule has 3 rings (SSSR count). The smallest absolute Gasteiger partial charge is 0.307 e. The van der Waals surface area contributed by atoms with E-state index in [-0.39, 0.29) is 6.42 Å². The number of hydrogen-bond donors (Lipinski definition) is 1. The van der Waals surface area contributed by atoms with E-state index in [0.29, 0.717) is 0 Å². The van der Waals surface area contributed by atoms with Crippen LogP contribution in [0.4, 0.5) is 0 Å². The van der Waals surface area contributed by atoms with Gasteiger partial charge in [-0.05, 0) is 41.3 Å². The van der Waals surface area contributed by atoms with Crippen molar-refractivity contribution >= 4 is 17.7 Å². The molecule has 0 heterocycles. The topological polar surface area (TPSA) is 46.5 Å². The first-order valence-electron chi connectivity index (χ1n) is 9.17. The molecule has 0 bridgehead atoms. The molecule has 0 saturated carbocycles. The van der Waals surface area contributed by atoms with Crippen LogP contribution in [0, 0.1) is 6.92 Å². The van der Waals surface area contributed by atoms with Gasteiger partial charge < -0.3 is 9.84 Å². The number of aryl methyl sites for hydroxylation is 1. The minimum Gasteiger partial charge on any atom is -0.496 e. The Morgan fingerprint density at radius 1 is 0.929 bits per heavy atom. The molecule has 144 valence electrons. The van der Waals surface area contributed by atoms with E-state index in [0.717, 1.165) is 33.9 Å². The third-order valence-corrected chi connectivity index (χ3v) is 5.59. The third kappa shape index (κ3) is 5.17. The molecule has 3 aromatic rings. The van der Waals surface area contributed by atoms with E-state index in [1.54, 1.807) is 7.11 Å². The van der Waals surface area contributed by atoms with Crippen LogP contribution >= 0.6 is 11.8 Å². The molecular formula is C24H24O3S. The third-order valence-electron chi connectivity index (χ3n) is 4.54. The maximum absolute atomic E-state index is 11.1. The lowest BCUT2D eigenvalue weighted by Crippen LogP contribution is -2.01. The van der Waals surface area contributed by atoms with Gasteiger partial charge in [-0.15, -0.1) is 0 Å². The van der Waals surface area contributed by atoms with Crippen molar-refractivity contribution in [2.45, 2.75) is 24.9 Å². The summed E-state index contributed by atoms with van der Waals surface area (Å²) in [4.78, 5) is 11.1. The van der Waals surface area contributed by atoms with E-state index < -0.39 is 5.97 Å². The SMILES string of the molecule is COc1ccc(CC(=O)O)cc1-c1ccc(C)cc1CSCc1ccccc1. The van der Waals surface area contributed by atoms with E-state index in [2.05, 4.69) is 49.4 Å². The Hall–Kier alpha value is -2.72. The van der Waals surface area contributed by atoms with Gasteiger partial charge in [-0.2, -0.15) is 11.8 Å². The van der Waals surface area contributed by atoms with Crippen molar-refractivity contribution in [1.82, 2.24) is 0 Å². The Balaban J connectivity index is 1.90. The normalized spacial score (nSPS) is 10.6. The van der Waals surface area contributed by atoms with Gasteiger partial charge in [-0.3, -0.25) is 4.79 Å². The molecule has 0 saturated heterocycles. The molecule has 0 spiro atoms. The first-order valence-corrected chi connectivity index (χ1v) is 10.3. The molecule has 3 nitrogen and oxygen atoms in total. The highest BCUT2D eigenvalue weighted by Gasteiger charge is 2.13. The largest absolute Gasteiger partial charge is 0.496 e. The fourth-order valence-electron chi connectivity index (χ4n) is 3.21. The summed E-state index contributed by atoms with van der Waals surface area (Å²) >= 11 is 1.87. The molecule has 1 N–H and O–H groups in total. The summed E-state index contributed by atoms with van der Waals surface area (Å²) in [6.45, 7) is 2.09. The maximum Gasteiger partial charge on any atom is 0.307 e. The lowest BCUT2D eigenvalue weighted by molar-refractivity contribution is -0.136. The van der Waals surface area contributed by atoms with Crippen LogP contribution in [-0.4, -0.2) is 18.2 Å². The van der Waals surface area contributed by atoms with E-state index in [4.69, 9.17) is 9.84 Å². The molecule has 3 aromatic carbocycles. The van der Waals surface area contributed by atoms with Crippen molar-refractivity contribution in [3.8, 4) is 16.9 Å². The number of methoxy groups -OCH3 is 1. The summed E-state index contributed by atoms with van der Waals surface area (Å²) in [7, 11) is 1.65. The van der Waals surface area contributed by atoms with Crippen LogP contribution in [0.3, 0.4) is 0 Å². The van der Waals surface area contributed by atoms with Gasteiger partial charge in [0.15, 0.2) is 0 Å². The minimum atomic E-state index is -0.835. The lowest BCUT2D eigenvalue weighted by Gasteiger charge is -2.15. The molecule has 0 aromatic heterocycles. The molecule has 0 unspecified atom stereocenters. The molecule has 0 aliphatic rings. The molecule has 28 heavy (non-hydrogen) atoms. The predicted octanol–water partition coefficient (Wildman–Crippen LogP) is 5.73. The Labute approximate surface area is 170 Å². The second-order valence-corrected chi connectivity index (χ2v) is 7.73. The fraction of sp³-hybridized carbons (Fsp3) is 0.208. The number of carbonyl (C=O) groups is 1. The zero-order chi connectivity index (χ0) is 19.9. The van der Waals surface area contributed by atoms with Crippen LogP contribution in [0.5, 0.6) is 5.75 Å². The molecule has 0 atom stereocenters. The number of hydrogen-bond acceptors (Lipinski definition) is 3. The minimum absolute atomic E-state index is 0.000939. The van der Waals surface area contributed by atoms with Gasteiger partial charge in [0.2, 0.25) is 0 Å². The van der Waals surface area contributed by atoms with Crippen LogP contribution in [0.2, 0.25) is 0 Å². The van der Waals surface area contributed by atoms with Crippen molar-refractivity contribution < 1.29 is 14.6 Å². The summed E-state index contributed by atoms with van der Waals surface area (Å²) in [6.07, 6.45) is 0.000939. The zero-order valence-electron chi connectivity index (χ0n) is 16.1. The van der Waals surface area contributed by atoms with Crippen molar-refractivity contribution in [3.63, 3.8) is 0 Å². The number of thioether (sulfide) groups is 1. The second kappa shape index (κ2) is 9.47. The quantitative estimate of drug-likeness (QED) is 0.532. The van der Waals surface area contributed by atoms with E-state index in [1.807, 2.05) is 36.0 Å². The van der Waals surface area contributed by atoms with Crippen LogP contribution in [0.15, 0.2) is 66.7 Å². The van der Waals surface area contributed by atoms with Crippen molar-refractivity contribution in [1.29, 1.82) is 0 Å². The van der Waals surface area contributed by atoms with E-state index in [1.165, 1.54) is 16.7 Å². The van der Waals surface area contributed by atoms with Crippen LogP contribution < -0.4 is 4.74 Å². The first kappa shape index (κ1) is 20.0. The average Bonchev–Trinajstić information content (AvgIpc) is 2.68. The summed E-state index contributed by atoms with van der Waals surface area (Å²) in [5.41, 5.74) is 6.55. The average molecular weight is 393 g/mol. The molecule has 4 heteroatoms. The summed E-state index contributed by atoms with van der Waals surface area (Å²) in [6, 6.07) is 22.4. The molecular weight excluding hydrogens is 368 g/mol. The van der Waals surface area contributed by atoms with E-state index >= 15 is 0 Å². The Bertz CT molecular complexity index is 951. The van der Waals surface area contributed by atoms with Crippen molar-refractivity contribution in [2.24, 2.45) is 0 Å². The number of carboxylic acid groups (broad SMARTS) is 1. The van der Waals surface area contributed by atoms with Crippen molar-refractivity contribution in [3.05, 3.63) is 89.0 Å². The van der Waals surface area contributed by atoms with Gasteiger partial charge >= 0.3 is 5.97 Å². The molecule has 0 fully saturated rings. The van der Waals surface area contributed by atoms with Gasteiger partial charge in [0.05, 0.1) is 13.5 Å². The summed E-state index contributed by atoms with van der Waals surface area (Å²) in [5.74, 6) is 1.74. The molecule has 0 amide bonds. The maximum atomic E-state index is 11.1. The first-order chi connectivity index (χ1) is 13.6. The van der Waals surface area contributed by atoms with Crippen LogP contribution in [0.25, 0.3) is 11.1 Å². The van der Waals surface area contributed by atoms with Crippen LogP contribution in [0.1, 0.15) is 22.3 Å². The Kier molecular flexibility index (Phi) is 6.77. The highest BCUT2D eigenvalue weighted by Crippen LogP contribution is 2.35. The van der Waals surface area contributed by atoms with Gasteiger partial charge in [0, 0.05) is 17.1 Å². The predicted molar refractivity (Wildman–Crippen MR) is 116 cm³/mol. The zero-order valence-corrected chi connectivity index (χ0v) is 17.0. The Morgan fingerprint density at radius 3 is 2.43 bits per heavy atom. The number of benzene rings is 3. The van der Waals surface area contributed by atoms with Gasteiger partial charge in [-0.1, -0.05) is 60.2 Å². The van der Waals surface area contributed by atoms with Gasteiger partial charge in [0.25, 0.3) is 0 Å². The number of aliphatic carboxylic acids is 1. The number of ether oxygens (including phenoxy) is 1. The molecule has 0 radical (unpaired) electrons. The highest BCUT2D eigenvalue weighted by molar-refractivity contribution is 7.97. The van der Waals surface area contributed by atoms with Gasteiger partial charge in [-0.25, -0.2) is 0 Å². The molecule has 0 aliphatic carbocycles. The second-order valence-electron chi connectivity index (χ2n) is 6.74. The summed E-state index contributed by atoms with van der Waals surface area (Å²) < 4.78 is 5.56. The fourth-order valence-corrected chi connectivity index (χ4v) is 4.20. The monoisotopic (exact) mass is 392 g/mol. The lowest BCUT2D eigenvalue weighted by atomic mass is 9.95. The Morgan fingerprint density at radius 2 is 1.71 bits per heavy atom. The van der Waals surface area contributed by atoms with Gasteiger partial charge in [0.1, 0.15) is 5.75 Å². The summed E-state index contributed by atoms with van der Waals surface area (Å²) in [5, 5.41) is 9.14. The standard InChI is InChI=1S/C24H24O3S/c1-17-8-10-21(20(12-17)16-28-15-18-6-4-3-5-7-18)22-13-19(14-24(25)26)9-11-23(22)27-2/h3-13H,14-16H2,1-2H3,(H,25,26). The number of rotatable bonds is 8. The number of carboxylic acids is 1. The molecule has 0 aliphatic heterocycles.